The molecule has 1 aromatic carbocycles. The van der Waals surface area contributed by atoms with Gasteiger partial charge in [0.1, 0.15) is 0 Å². The van der Waals surface area contributed by atoms with Crippen molar-refractivity contribution in [3.8, 4) is 0 Å². The predicted molar refractivity (Wildman–Crippen MR) is 51.8 cm³/mol. The molecule has 0 radical (unpaired) electrons. The van der Waals surface area contributed by atoms with E-state index in [1.165, 1.54) is 0 Å². The van der Waals surface area contributed by atoms with Gasteiger partial charge in [0.2, 0.25) is 0 Å². The molecular weight excluding hydrogens is 148 g/mol. The molecule has 12 heavy (non-hydrogen) atoms. The molecule has 0 aliphatic rings. The van der Waals surface area contributed by atoms with Crippen LogP contribution in [0, 0.1) is 0 Å². The Hall–Kier alpha value is -1.08. The summed E-state index contributed by atoms with van der Waals surface area (Å²) < 4.78 is 0. The van der Waals surface area contributed by atoms with Crippen molar-refractivity contribution in [2.75, 3.05) is 0 Å². The van der Waals surface area contributed by atoms with Crippen molar-refractivity contribution in [3.05, 3.63) is 42.0 Å². The van der Waals surface area contributed by atoms with E-state index in [0.717, 1.165) is 12.0 Å². The van der Waals surface area contributed by atoms with Crippen LogP contribution < -0.4 is 0 Å². The zero-order valence-corrected chi connectivity index (χ0v) is 7.27. The minimum Gasteiger partial charge on any atom is -0.389 e. The molecule has 0 aromatic heterocycles. The third-order valence-corrected chi connectivity index (χ3v) is 1.73. The van der Waals surface area contributed by atoms with Crippen LogP contribution in [0.1, 0.15) is 18.9 Å². The van der Waals surface area contributed by atoms with Crippen molar-refractivity contribution in [2.24, 2.45) is 0 Å². The standard InChI is InChI=1S/C11H14O/c1-2-11(12)9-8-10-6-4-3-5-7-10/h3-9,11-12H,2H2,1H3/b9-8-. The van der Waals surface area contributed by atoms with Gasteiger partial charge in [-0.15, -0.1) is 0 Å². The van der Waals surface area contributed by atoms with Gasteiger partial charge in [0.25, 0.3) is 0 Å². The molecule has 1 atom stereocenters. The van der Waals surface area contributed by atoms with Gasteiger partial charge in [0.15, 0.2) is 0 Å². The minimum atomic E-state index is -0.315. The number of rotatable bonds is 3. The van der Waals surface area contributed by atoms with E-state index >= 15 is 0 Å². The molecule has 0 aliphatic heterocycles. The smallest absolute Gasteiger partial charge is 0.0721 e. The van der Waals surface area contributed by atoms with Crippen molar-refractivity contribution in [1.29, 1.82) is 0 Å². The highest BCUT2D eigenvalue weighted by atomic mass is 16.3. The molecule has 0 spiro atoms. The maximum absolute atomic E-state index is 9.23. The molecular formula is C11H14O. The second-order valence-electron chi connectivity index (χ2n) is 2.75. The monoisotopic (exact) mass is 162 g/mol. The molecule has 0 bridgehead atoms. The average Bonchev–Trinajstić information content (AvgIpc) is 2.16. The van der Waals surface area contributed by atoms with Gasteiger partial charge in [-0.3, -0.25) is 0 Å². The van der Waals surface area contributed by atoms with Crippen molar-refractivity contribution in [2.45, 2.75) is 19.4 Å². The molecule has 0 amide bonds. The Labute approximate surface area is 73.4 Å². The van der Waals surface area contributed by atoms with E-state index in [1.807, 2.05) is 49.4 Å². The molecule has 0 fully saturated rings. The maximum atomic E-state index is 9.23. The fourth-order valence-electron chi connectivity index (χ4n) is 0.922. The van der Waals surface area contributed by atoms with Gasteiger partial charge in [0, 0.05) is 0 Å². The molecule has 1 nitrogen and oxygen atoms in total. The van der Waals surface area contributed by atoms with Gasteiger partial charge in [-0.05, 0) is 12.0 Å². The summed E-state index contributed by atoms with van der Waals surface area (Å²) in [7, 11) is 0. The average molecular weight is 162 g/mol. The second kappa shape index (κ2) is 4.73. The highest BCUT2D eigenvalue weighted by molar-refractivity contribution is 5.49. The van der Waals surface area contributed by atoms with E-state index in [9.17, 15) is 5.11 Å². The van der Waals surface area contributed by atoms with Crippen LogP contribution in [0.25, 0.3) is 6.08 Å². The minimum absolute atomic E-state index is 0.315. The van der Waals surface area contributed by atoms with E-state index in [1.54, 1.807) is 0 Å². The third kappa shape index (κ3) is 2.89. The highest BCUT2D eigenvalue weighted by Gasteiger charge is 1.91. The summed E-state index contributed by atoms with van der Waals surface area (Å²) in [6.07, 6.45) is 4.21. The lowest BCUT2D eigenvalue weighted by Gasteiger charge is -1.98. The first-order valence-electron chi connectivity index (χ1n) is 4.24. The number of aliphatic hydroxyl groups is 1. The second-order valence-corrected chi connectivity index (χ2v) is 2.75. The van der Waals surface area contributed by atoms with Gasteiger partial charge >= 0.3 is 0 Å². The quantitative estimate of drug-likeness (QED) is 0.724. The van der Waals surface area contributed by atoms with Crippen LogP contribution in [0.2, 0.25) is 0 Å². The first kappa shape index (κ1) is 9.01. The molecule has 64 valence electrons. The van der Waals surface area contributed by atoms with Crippen LogP contribution in [0.3, 0.4) is 0 Å². The van der Waals surface area contributed by atoms with Crippen molar-refractivity contribution in [3.63, 3.8) is 0 Å². The largest absolute Gasteiger partial charge is 0.389 e. The lowest BCUT2D eigenvalue weighted by Crippen LogP contribution is -1.97. The zero-order valence-electron chi connectivity index (χ0n) is 7.27. The topological polar surface area (TPSA) is 20.2 Å². The summed E-state index contributed by atoms with van der Waals surface area (Å²) >= 11 is 0. The molecule has 0 heterocycles. The zero-order chi connectivity index (χ0) is 8.81. The Morgan fingerprint density at radius 2 is 2.00 bits per heavy atom. The Kier molecular flexibility index (Phi) is 3.55. The van der Waals surface area contributed by atoms with E-state index in [2.05, 4.69) is 0 Å². The Morgan fingerprint density at radius 1 is 1.33 bits per heavy atom. The van der Waals surface area contributed by atoms with Gasteiger partial charge in [-0.1, -0.05) is 49.4 Å². The Balaban J connectivity index is 2.58. The Morgan fingerprint density at radius 3 is 2.58 bits per heavy atom. The molecule has 1 rings (SSSR count). The fourth-order valence-corrected chi connectivity index (χ4v) is 0.922. The highest BCUT2D eigenvalue weighted by Crippen LogP contribution is 2.02. The molecule has 0 aliphatic carbocycles. The molecule has 0 saturated carbocycles. The lowest BCUT2D eigenvalue weighted by molar-refractivity contribution is 0.220. The van der Waals surface area contributed by atoms with E-state index in [0.29, 0.717) is 0 Å². The Bertz CT molecular complexity index is 238. The maximum Gasteiger partial charge on any atom is 0.0721 e. The van der Waals surface area contributed by atoms with Crippen LogP contribution in [0.15, 0.2) is 36.4 Å². The van der Waals surface area contributed by atoms with Crippen LogP contribution in [-0.2, 0) is 0 Å². The summed E-state index contributed by atoms with van der Waals surface area (Å²) in [5.41, 5.74) is 1.13. The van der Waals surface area contributed by atoms with Gasteiger partial charge in [-0.2, -0.15) is 0 Å². The SMILES string of the molecule is CCC(O)/C=C\c1ccccc1. The molecule has 1 N–H and O–H groups in total. The number of hydrogen-bond acceptors (Lipinski definition) is 1. The number of aliphatic hydroxyl groups excluding tert-OH is 1. The predicted octanol–water partition coefficient (Wildman–Crippen LogP) is 2.47. The number of hydrogen-bond donors (Lipinski definition) is 1. The molecule has 1 heteroatoms. The van der Waals surface area contributed by atoms with Gasteiger partial charge < -0.3 is 5.11 Å². The normalized spacial score (nSPS) is 13.5. The van der Waals surface area contributed by atoms with Crippen molar-refractivity contribution >= 4 is 6.08 Å². The van der Waals surface area contributed by atoms with E-state index < -0.39 is 0 Å². The molecule has 1 unspecified atom stereocenters. The first-order chi connectivity index (χ1) is 5.83. The van der Waals surface area contributed by atoms with Crippen LogP contribution in [0.4, 0.5) is 0 Å². The van der Waals surface area contributed by atoms with Gasteiger partial charge in [0.05, 0.1) is 6.10 Å². The molecule has 0 saturated heterocycles. The number of benzene rings is 1. The van der Waals surface area contributed by atoms with Crippen LogP contribution in [0.5, 0.6) is 0 Å². The summed E-state index contributed by atoms with van der Waals surface area (Å²) in [4.78, 5) is 0. The third-order valence-electron chi connectivity index (χ3n) is 1.73. The summed E-state index contributed by atoms with van der Waals surface area (Å²) in [6, 6.07) is 9.97. The first-order valence-corrected chi connectivity index (χ1v) is 4.24. The van der Waals surface area contributed by atoms with Crippen LogP contribution in [-0.4, -0.2) is 11.2 Å². The van der Waals surface area contributed by atoms with Gasteiger partial charge in [-0.25, -0.2) is 0 Å². The lowest BCUT2D eigenvalue weighted by atomic mass is 10.2. The summed E-state index contributed by atoms with van der Waals surface area (Å²) in [5.74, 6) is 0. The van der Waals surface area contributed by atoms with Crippen molar-refractivity contribution in [1.82, 2.24) is 0 Å². The van der Waals surface area contributed by atoms with E-state index in [4.69, 9.17) is 0 Å². The van der Waals surface area contributed by atoms with Crippen molar-refractivity contribution < 1.29 is 5.11 Å². The fraction of sp³-hybridized carbons (Fsp3) is 0.273. The van der Waals surface area contributed by atoms with E-state index in [-0.39, 0.29) is 6.10 Å². The summed E-state index contributed by atoms with van der Waals surface area (Å²) in [6.45, 7) is 1.96. The van der Waals surface area contributed by atoms with Crippen LogP contribution >= 0.6 is 0 Å². The molecule has 1 aromatic rings. The summed E-state index contributed by atoms with van der Waals surface area (Å²) in [5, 5.41) is 9.23.